The monoisotopic (exact) mass is 265 g/mol. The van der Waals surface area contributed by atoms with E-state index < -0.39 is 0 Å². The Morgan fingerprint density at radius 1 is 1.26 bits per heavy atom. The molecule has 0 saturated heterocycles. The molecule has 1 atom stereocenters. The van der Waals surface area contributed by atoms with Crippen molar-refractivity contribution in [2.24, 2.45) is 11.8 Å². The molecule has 0 saturated carbocycles. The number of hydrogen-bond acceptors (Lipinski definition) is 4. The lowest BCUT2D eigenvalue weighted by Crippen LogP contribution is -2.25. The third kappa shape index (κ3) is 4.97. The van der Waals surface area contributed by atoms with Gasteiger partial charge >= 0.3 is 0 Å². The lowest BCUT2D eigenvalue weighted by Gasteiger charge is -2.22. The van der Waals surface area contributed by atoms with Crippen molar-refractivity contribution >= 4 is 11.5 Å². The lowest BCUT2D eigenvalue weighted by molar-refractivity contribution is 0.263. The largest absolute Gasteiger partial charge is 0.476 e. The maximum atomic E-state index is 5.88. The third-order valence-electron chi connectivity index (χ3n) is 3.02. The number of nitrogens with two attached hydrogens (primary N) is 1. The maximum Gasteiger partial charge on any atom is 0.239 e. The summed E-state index contributed by atoms with van der Waals surface area (Å²) in [6.07, 6.45) is 1.06. The van der Waals surface area contributed by atoms with Crippen molar-refractivity contribution in [3.63, 3.8) is 0 Å². The van der Waals surface area contributed by atoms with Crippen LogP contribution in [0.15, 0.2) is 12.1 Å². The molecular formula is C15H27N3O. The van der Waals surface area contributed by atoms with Gasteiger partial charge in [0.1, 0.15) is 5.82 Å². The van der Waals surface area contributed by atoms with E-state index in [2.05, 4.69) is 44.9 Å². The van der Waals surface area contributed by atoms with Gasteiger partial charge in [0.15, 0.2) is 0 Å². The van der Waals surface area contributed by atoms with E-state index in [4.69, 9.17) is 10.5 Å². The van der Waals surface area contributed by atoms with E-state index in [1.807, 2.05) is 12.1 Å². The smallest absolute Gasteiger partial charge is 0.239 e. The number of rotatable bonds is 7. The molecule has 4 nitrogen and oxygen atoms in total. The zero-order valence-electron chi connectivity index (χ0n) is 12.7. The average Bonchev–Trinajstić information content (AvgIpc) is 2.35. The van der Waals surface area contributed by atoms with E-state index in [-0.39, 0.29) is 0 Å². The van der Waals surface area contributed by atoms with Crippen LogP contribution in [-0.4, -0.2) is 17.6 Å². The van der Waals surface area contributed by atoms with Crippen LogP contribution in [0.25, 0.3) is 0 Å². The molecule has 0 aliphatic carbocycles. The fraction of sp³-hybridized carbons (Fsp3) is 0.667. The van der Waals surface area contributed by atoms with E-state index in [1.54, 1.807) is 0 Å². The first kappa shape index (κ1) is 15.6. The van der Waals surface area contributed by atoms with Gasteiger partial charge in [-0.25, -0.2) is 0 Å². The van der Waals surface area contributed by atoms with Crippen molar-refractivity contribution in [3.05, 3.63) is 12.1 Å². The minimum Gasteiger partial charge on any atom is -0.476 e. The Hall–Kier alpha value is -1.45. The van der Waals surface area contributed by atoms with E-state index >= 15 is 0 Å². The number of pyridine rings is 1. The van der Waals surface area contributed by atoms with Crippen LogP contribution in [0.5, 0.6) is 5.88 Å². The van der Waals surface area contributed by atoms with Gasteiger partial charge in [-0.2, -0.15) is 4.98 Å². The van der Waals surface area contributed by atoms with E-state index in [1.165, 1.54) is 0 Å². The minimum atomic E-state index is 0.411. The Labute approximate surface area is 116 Å². The SMILES string of the molecule is CCC(Nc1ccc(N)c(OCC(C)C)n1)C(C)C. The van der Waals surface area contributed by atoms with Crippen LogP contribution in [0.3, 0.4) is 0 Å². The van der Waals surface area contributed by atoms with Gasteiger partial charge in [0.25, 0.3) is 0 Å². The summed E-state index contributed by atoms with van der Waals surface area (Å²) in [7, 11) is 0. The number of ether oxygens (including phenoxy) is 1. The summed E-state index contributed by atoms with van der Waals surface area (Å²) in [5.41, 5.74) is 6.47. The number of nitrogen functional groups attached to an aromatic ring is 1. The molecule has 0 aromatic carbocycles. The van der Waals surface area contributed by atoms with Crippen LogP contribution in [-0.2, 0) is 0 Å². The molecule has 1 aromatic heterocycles. The summed E-state index contributed by atoms with van der Waals surface area (Å²) in [6.45, 7) is 11.4. The fourth-order valence-corrected chi connectivity index (χ4v) is 1.82. The first-order valence-electron chi connectivity index (χ1n) is 7.09. The van der Waals surface area contributed by atoms with Crippen LogP contribution in [0, 0.1) is 11.8 Å². The van der Waals surface area contributed by atoms with Crippen LogP contribution in [0.1, 0.15) is 41.0 Å². The van der Waals surface area contributed by atoms with Crippen LogP contribution in [0.4, 0.5) is 11.5 Å². The highest BCUT2D eigenvalue weighted by Crippen LogP contribution is 2.23. The summed E-state index contributed by atoms with van der Waals surface area (Å²) in [5.74, 6) is 2.37. The summed E-state index contributed by atoms with van der Waals surface area (Å²) in [4.78, 5) is 4.46. The van der Waals surface area contributed by atoms with Gasteiger partial charge in [0, 0.05) is 6.04 Å². The van der Waals surface area contributed by atoms with Gasteiger partial charge in [-0.3, -0.25) is 0 Å². The molecule has 1 unspecified atom stereocenters. The minimum absolute atomic E-state index is 0.411. The Morgan fingerprint density at radius 3 is 2.47 bits per heavy atom. The maximum absolute atomic E-state index is 5.88. The second kappa shape index (κ2) is 7.22. The molecule has 3 N–H and O–H groups in total. The second-order valence-electron chi connectivity index (χ2n) is 5.70. The predicted molar refractivity (Wildman–Crippen MR) is 81.5 cm³/mol. The molecule has 19 heavy (non-hydrogen) atoms. The van der Waals surface area contributed by atoms with E-state index in [0.717, 1.165) is 12.2 Å². The van der Waals surface area contributed by atoms with Crippen molar-refractivity contribution in [2.75, 3.05) is 17.7 Å². The standard InChI is InChI=1S/C15H27N3O/c1-6-13(11(4)5)17-14-8-7-12(16)15(18-14)19-9-10(2)3/h7-8,10-11,13H,6,9,16H2,1-5H3,(H,17,18). The highest BCUT2D eigenvalue weighted by atomic mass is 16.5. The third-order valence-corrected chi connectivity index (χ3v) is 3.02. The highest BCUT2D eigenvalue weighted by molar-refractivity contribution is 5.53. The van der Waals surface area contributed by atoms with Crippen LogP contribution < -0.4 is 15.8 Å². The van der Waals surface area contributed by atoms with Crippen molar-refractivity contribution in [1.82, 2.24) is 4.98 Å². The van der Waals surface area contributed by atoms with Gasteiger partial charge in [-0.15, -0.1) is 0 Å². The molecule has 1 heterocycles. The molecule has 108 valence electrons. The summed E-state index contributed by atoms with van der Waals surface area (Å²) < 4.78 is 5.64. The Balaban J connectivity index is 2.77. The molecule has 4 heteroatoms. The van der Waals surface area contributed by atoms with E-state index in [0.29, 0.717) is 36.1 Å². The summed E-state index contributed by atoms with van der Waals surface area (Å²) >= 11 is 0. The number of nitrogens with zero attached hydrogens (tertiary/aromatic N) is 1. The molecule has 1 rings (SSSR count). The fourth-order valence-electron chi connectivity index (χ4n) is 1.82. The molecule has 0 aliphatic rings. The Kier molecular flexibility index (Phi) is 5.93. The Morgan fingerprint density at radius 2 is 1.95 bits per heavy atom. The molecule has 0 spiro atoms. The van der Waals surface area contributed by atoms with Gasteiger partial charge in [-0.1, -0.05) is 34.6 Å². The highest BCUT2D eigenvalue weighted by Gasteiger charge is 2.12. The van der Waals surface area contributed by atoms with Crippen molar-refractivity contribution in [2.45, 2.75) is 47.1 Å². The molecule has 0 radical (unpaired) electrons. The normalized spacial score (nSPS) is 12.8. The quantitative estimate of drug-likeness (QED) is 0.791. The molecule has 0 amide bonds. The zero-order valence-corrected chi connectivity index (χ0v) is 12.7. The van der Waals surface area contributed by atoms with Crippen molar-refractivity contribution in [3.8, 4) is 5.88 Å². The second-order valence-corrected chi connectivity index (χ2v) is 5.70. The van der Waals surface area contributed by atoms with Gasteiger partial charge in [0.05, 0.1) is 12.3 Å². The molecule has 0 fully saturated rings. The first-order valence-corrected chi connectivity index (χ1v) is 7.09. The first-order chi connectivity index (χ1) is 8.93. The van der Waals surface area contributed by atoms with Gasteiger partial charge in [0.2, 0.25) is 5.88 Å². The molecular weight excluding hydrogens is 238 g/mol. The topological polar surface area (TPSA) is 60.2 Å². The predicted octanol–water partition coefficient (Wildman–Crippen LogP) is 3.55. The summed E-state index contributed by atoms with van der Waals surface area (Å²) in [6, 6.07) is 4.16. The van der Waals surface area contributed by atoms with Gasteiger partial charge in [-0.05, 0) is 30.4 Å². The van der Waals surface area contributed by atoms with Crippen molar-refractivity contribution in [1.29, 1.82) is 0 Å². The molecule has 0 aliphatic heterocycles. The molecule has 1 aromatic rings. The zero-order chi connectivity index (χ0) is 14.4. The van der Waals surface area contributed by atoms with Crippen LogP contribution in [0.2, 0.25) is 0 Å². The number of aromatic nitrogens is 1. The van der Waals surface area contributed by atoms with Gasteiger partial charge < -0.3 is 15.8 Å². The summed E-state index contributed by atoms with van der Waals surface area (Å²) in [5, 5.41) is 3.44. The van der Waals surface area contributed by atoms with Crippen LogP contribution >= 0.6 is 0 Å². The Bertz CT molecular complexity index is 391. The number of hydrogen-bond donors (Lipinski definition) is 2. The molecule has 0 bridgehead atoms. The number of nitrogens with one attached hydrogen (secondary N) is 1. The average molecular weight is 265 g/mol. The van der Waals surface area contributed by atoms with E-state index in [9.17, 15) is 0 Å². The van der Waals surface area contributed by atoms with Crippen molar-refractivity contribution < 1.29 is 4.74 Å². The lowest BCUT2D eigenvalue weighted by atomic mass is 10.0. The number of anilines is 2.